The molecule has 19 heavy (non-hydrogen) atoms. The molecule has 0 fully saturated rings. The minimum absolute atomic E-state index is 0.0449. The van der Waals surface area contributed by atoms with Crippen molar-refractivity contribution in [1.82, 2.24) is 9.97 Å². The van der Waals surface area contributed by atoms with Crippen LogP contribution in [0.3, 0.4) is 0 Å². The van der Waals surface area contributed by atoms with Crippen molar-refractivity contribution >= 4 is 30.1 Å². The van der Waals surface area contributed by atoms with Gasteiger partial charge in [0, 0.05) is 6.61 Å². The molecule has 0 saturated heterocycles. The molecule has 1 aromatic heterocycles. The number of thiol groups is 1. The normalized spacial score (nSPS) is 19.1. The van der Waals surface area contributed by atoms with Crippen LogP contribution in [0.1, 0.15) is 6.42 Å². The number of aromatic nitrogens is 2. The highest BCUT2D eigenvalue weighted by Crippen LogP contribution is 2.32. The lowest BCUT2D eigenvalue weighted by Crippen LogP contribution is -2.42. The second-order valence-corrected chi connectivity index (χ2v) is 4.34. The van der Waals surface area contributed by atoms with E-state index in [1.807, 2.05) is 0 Å². The zero-order valence-corrected chi connectivity index (χ0v) is 10.8. The van der Waals surface area contributed by atoms with E-state index in [1.54, 1.807) is 0 Å². The maximum atomic E-state index is 11.7. The molecule has 0 aromatic carbocycles. The Kier molecular flexibility index (Phi) is 4.14. The molecule has 0 radical (unpaired) electrons. The maximum absolute atomic E-state index is 11.7. The van der Waals surface area contributed by atoms with Crippen LogP contribution in [-0.2, 0) is 4.74 Å². The first-order valence-corrected chi connectivity index (χ1v) is 6.09. The number of nitrogens with zero attached hydrogens (tertiary/aromatic N) is 2. The van der Waals surface area contributed by atoms with Crippen LogP contribution >= 0.6 is 12.6 Å². The first kappa shape index (κ1) is 13.9. The monoisotopic (exact) mass is 289 g/mol. The summed E-state index contributed by atoms with van der Waals surface area (Å²) >= 11 is 4.19. The SMILES string of the molecule is Nc1nc2c(c(=O)[nH]1)NC(S)N2C(O)OCCCO. The summed E-state index contributed by atoms with van der Waals surface area (Å²) in [5.74, 6) is 0.0956. The molecule has 2 unspecified atom stereocenters. The van der Waals surface area contributed by atoms with Gasteiger partial charge in [-0.2, -0.15) is 4.98 Å². The predicted molar refractivity (Wildman–Crippen MR) is 71.8 cm³/mol. The summed E-state index contributed by atoms with van der Waals surface area (Å²) in [5.41, 5.74) is 4.50. The highest BCUT2D eigenvalue weighted by atomic mass is 32.1. The Labute approximate surface area is 113 Å². The van der Waals surface area contributed by atoms with Gasteiger partial charge in [-0.15, -0.1) is 12.6 Å². The summed E-state index contributed by atoms with van der Waals surface area (Å²) in [6.07, 6.45) is -0.968. The second-order valence-electron chi connectivity index (χ2n) is 3.85. The minimum Gasteiger partial charge on any atom is -0.396 e. The van der Waals surface area contributed by atoms with Crippen LogP contribution in [0.15, 0.2) is 4.79 Å². The number of aromatic amines is 1. The number of nitrogens with two attached hydrogens (primary N) is 1. The number of aliphatic hydroxyl groups is 2. The largest absolute Gasteiger partial charge is 0.396 e. The summed E-state index contributed by atoms with van der Waals surface area (Å²) in [7, 11) is 0. The van der Waals surface area contributed by atoms with Crippen LogP contribution in [0.4, 0.5) is 17.5 Å². The Morgan fingerprint density at radius 2 is 2.37 bits per heavy atom. The van der Waals surface area contributed by atoms with E-state index in [-0.39, 0.29) is 30.7 Å². The molecular weight excluding hydrogens is 274 g/mol. The predicted octanol–water partition coefficient (Wildman–Crippen LogP) is -1.53. The van der Waals surface area contributed by atoms with Crippen molar-refractivity contribution in [3.8, 4) is 0 Å². The Bertz CT molecular complexity index is 510. The number of rotatable bonds is 5. The summed E-state index contributed by atoms with van der Waals surface area (Å²) in [5, 5.41) is 21.3. The molecule has 2 rings (SSSR count). The topological polar surface area (TPSA) is 137 Å². The molecule has 10 heteroatoms. The Morgan fingerprint density at radius 1 is 1.63 bits per heavy atom. The third-order valence-electron chi connectivity index (χ3n) is 2.51. The Hall–Kier alpha value is -1.49. The lowest BCUT2D eigenvalue weighted by Gasteiger charge is -2.27. The molecular formula is C9H15N5O4S. The van der Waals surface area contributed by atoms with E-state index in [4.69, 9.17) is 15.6 Å². The zero-order valence-electron chi connectivity index (χ0n) is 9.91. The number of nitrogen functional groups attached to an aromatic ring is 1. The van der Waals surface area contributed by atoms with E-state index in [0.717, 1.165) is 0 Å². The van der Waals surface area contributed by atoms with E-state index in [0.29, 0.717) is 6.42 Å². The van der Waals surface area contributed by atoms with Crippen LogP contribution in [0.5, 0.6) is 0 Å². The van der Waals surface area contributed by atoms with E-state index >= 15 is 0 Å². The number of hydrogen-bond donors (Lipinski definition) is 6. The average molecular weight is 289 g/mol. The fourth-order valence-electron chi connectivity index (χ4n) is 1.67. The Balaban J connectivity index is 2.22. The third kappa shape index (κ3) is 2.76. The number of nitrogens with one attached hydrogen (secondary N) is 2. The first-order chi connectivity index (χ1) is 9.04. The molecule has 0 amide bonds. The molecule has 6 N–H and O–H groups in total. The van der Waals surface area contributed by atoms with Gasteiger partial charge < -0.3 is 26.0 Å². The summed E-state index contributed by atoms with van der Waals surface area (Å²) in [6.45, 7) is 0.111. The molecule has 0 saturated carbocycles. The summed E-state index contributed by atoms with van der Waals surface area (Å²) in [4.78, 5) is 19.2. The smallest absolute Gasteiger partial charge is 0.277 e. The molecule has 1 aliphatic heterocycles. The number of fused-ring (bicyclic) bond motifs is 1. The van der Waals surface area contributed by atoms with Crippen LogP contribution in [0.2, 0.25) is 0 Å². The number of aliphatic hydroxyl groups excluding tert-OH is 2. The van der Waals surface area contributed by atoms with Gasteiger partial charge in [-0.3, -0.25) is 14.7 Å². The molecule has 1 aromatic rings. The number of H-pyrrole nitrogens is 1. The van der Waals surface area contributed by atoms with E-state index in [2.05, 4.69) is 27.9 Å². The molecule has 106 valence electrons. The van der Waals surface area contributed by atoms with Crippen LogP contribution < -0.4 is 21.5 Å². The fourth-order valence-corrected chi connectivity index (χ4v) is 2.02. The van der Waals surface area contributed by atoms with Crippen LogP contribution in [0, 0.1) is 0 Å². The van der Waals surface area contributed by atoms with Gasteiger partial charge in [0.25, 0.3) is 5.56 Å². The quantitative estimate of drug-likeness (QED) is 0.218. The number of anilines is 3. The van der Waals surface area contributed by atoms with Gasteiger partial charge in [0.05, 0.1) is 6.61 Å². The zero-order chi connectivity index (χ0) is 14.0. The van der Waals surface area contributed by atoms with Gasteiger partial charge in [-0.25, -0.2) is 0 Å². The molecule has 0 spiro atoms. The minimum atomic E-state index is -1.35. The molecule has 2 heterocycles. The van der Waals surface area contributed by atoms with Crippen molar-refractivity contribution in [3.05, 3.63) is 10.4 Å². The molecule has 2 atom stereocenters. The van der Waals surface area contributed by atoms with Crippen LogP contribution in [-0.4, -0.2) is 45.3 Å². The summed E-state index contributed by atoms with van der Waals surface area (Å²) < 4.78 is 5.11. The standard InChI is InChI=1S/C9H15N5O4S/c10-7-12-5-4(6(16)13-7)11-8(19)14(5)9(17)18-3-1-2-15/h8-9,11,15,17,19H,1-3H2,(H3,10,12,13,16). The Morgan fingerprint density at radius 3 is 3.05 bits per heavy atom. The van der Waals surface area contributed by atoms with Crippen molar-refractivity contribution in [2.24, 2.45) is 0 Å². The lowest BCUT2D eigenvalue weighted by molar-refractivity contribution is -0.101. The van der Waals surface area contributed by atoms with Crippen molar-refractivity contribution < 1.29 is 14.9 Å². The number of ether oxygens (including phenoxy) is 1. The van der Waals surface area contributed by atoms with Crippen LogP contribution in [0.25, 0.3) is 0 Å². The highest BCUT2D eigenvalue weighted by Gasteiger charge is 2.35. The van der Waals surface area contributed by atoms with Gasteiger partial charge >= 0.3 is 0 Å². The fraction of sp³-hybridized carbons (Fsp3) is 0.556. The lowest BCUT2D eigenvalue weighted by atomic mass is 10.4. The van der Waals surface area contributed by atoms with E-state index in [1.165, 1.54) is 4.90 Å². The van der Waals surface area contributed by atoms with Gasteiger partial charge in [-0.05, 0) is 6.42 Å². The van der Waals surface area contributed by atoms with E-state index < -0.39 is 17.5 Å². The van der Waals surface area contributed by atoms with E-state index in [9.17, 15) is 9.90 Å². The molecule has 0 bridgehead atoms. The molecule has 1 aliphatic rings. The van der Waals surface area contributed by atoms with Gasteiger partial charge in [-0.1, -0.05) is 0 Å². The first-order valence-electron chi connectivity index (χ1n) is 5.58. The van der Waals surface area contributed by atoms with Crippen molar-refractivity contribution in [2.45, 2.75) is 18.3 Å². The average Bonchev–Trinajstić information content (AvgIpc) is 2.66. The van der Waals surface area contributed by atoms with Crippen molar-refractivity contribution in [2.75, 3.05) is 29.2 Å². The highest BCUT2D eigenvalue weighted by molar-refractivity contribution is 7.81. The van der Waals surface area contributed by atoms with Crippen molar-refractivity contribution in [3.63, 3.8) is 0 Å². The molecule has 9 nitrogen and oxygen atoms in total. The maximum Gasteiger partial charge on any atom is 0.277 e. The second kappa shape index (κ2) is 5.65. The molecule has 0 aliphatic carbocycles. The summed E-state index contributed by atoms with van der Waals surface area (Å²) in [6, 6.07) is 0. The van der Waals surface area contributed by atoms with Gasteiger partial charge in [0.15, 0.2) is 11.3 Å². The van der Waals surface area contributed by atoms with Gasteiger partial charge in [0.2, 0.25) is 12.4 Å². The van der Waals surface area contributed by atoms with Crippen molar-refractivity contribution in [1.29, 1.82) is 0 Å². The number of hydrogen-bond acceptors (Lipinski definition) is 9. The van der Waals surface area contributed by atoms with Gasteiger partial charge in [0.1, 0.15) is 5.69 Å². The third-order valence-corrected chi connectivity index (χ3v) is 2.89.